The van der Waals surface area contributed by atoms with E-state index in [0.717, 1.165) is 28.5 Å². The number of ether oxygens (including phenoxy) is 2. The van der Waals surface area contributed by atoms with E-state index >= 15 is 0 Å². The van der Waals surface area contributed by atoms with Crippen LogP contribution in [0.25, 0.3) is 16.8 Å². The molecule has 3 aromatic rings. The average Bonchev–Trinajstić information content (AvgIpc) is 3.59. The van der Waals surface area contributed by atoms with Crippen molar-refractivity contribution in [1.82, 2.24) is 14.9 Å². The number of carbonyl (C=O) groups excluding carboxylic acids is 2. The number of rotatable bonds is 11. The van der Waals surface area contributed by atoms with Crippen molar-refractivity contribution in [3.8, 4) is 5.88 Å². The predicted octanol–water partition coefficient (Wildman–Crippen LogP) is 5.85. The molecule has 4 rings (SSSR count). The molecule has 1 aliphatic rings. The fourth-order valence-electron chi connectivity index (χ4n) is 4.97. The highest BCUT2D eigenvalue weighted by Crippen LogP contribution is 2.33. The van der Waals surface area contributed by atoms with Crippen LogP contribution in [0, 0.1) is 5.92 Å². The molecule has 0 radical (unpaired) electrons. The molecule has 1 N–H and O–H groups in total. The van der Waals surface area contributed by atoms with Crippen LogP contribution >= 0.6 is 11.3 Å². The zero-order chi connectivity index (χ0) is 29.0. The summed E-state index contributed by atoms with van der Waals surface area (Å²) in [7, 11) is 1.34. The third-order valence-corrected chi connectivity index (χ3v) is 8.12. The number of pyridine rings is 1. The van der Waals surface area contributed by atoms with Gasteiger partial charge in [-0.25, -0.2) is 14.8 Å². The number of nitrogens with zero attached hydrogens (tertiary/aromatic N) is 3. The molecule has 40 heavy (non-hydrogen) atoms. The van der Waals surface area contributed by atoms with Crippen molar-refractivity contribution >= 4 is 45.2 Å². The SMILES string of the molecule is C=CCC(C)(C)c1csc(N[C@H](C(=O)N2C[C@H](Oc3nccc4ccc(C=C)cc34)C[C@H]2C(=O)OC)C(C)C)n1. The van der Waals surface area contributed by atoms with Crippen LogP contribution in [0.1, 0.15) is 51.8 Å². The molecule has 0 spiro atoms. The van der Waals surface area contributed by atoms with E-state index in [0.29, 0.717) is 17.4 Å². The second-order valence-corrected chi connectivity index (χ2v) is 11.9. The smallest absolute Gasteiger partial charge is 0.328 e. The van der Waals surface area contributed by atoms with Crippen LogP contribution in [0.15, 0.2) is 55.1 Å². The predicted molar refractivity (Wildman–Crippen MR) is 161 cm³/mol. The van der Waals surface area contributed by atoms with Crippen molar-refractivity contribution in [2.75, 3.05) is 19.0 Å². The van der Waals surface area contributed by atoms with Gasteiger partial charge in [-0.05, 0) is 35.4 Å². The number of hydrogen-bond donors (Lipinski definition) is 1. The van der Waals surface area contributed by atoms with Crippen LogP contribution in [0.5, 0.6) is 5.88 Å². The van der Waals surface area contributed by atoms with Crippen LogP contribution < -0.4 is 10.1 Å². The first kappa shape index (κ1) is 29.3. The number of benzene rings is 1. The maximum absolute atomic E-state index is 14.0. The first-order valence-corrected chi connectivity index (χ1v) is 14.4. The van der Waals surface area contributed by atoms with Crippen molar-refractivity contribution in [1.29, 1.82) is 0 Å². The van der Waals surface area contributed by atoms with E-state index in [-0.39, 0.29) is 23.8 Å². The van der Waals surface area contributed by atoms with Crippen molar-refractivity contribution in [2.45, 2.75) is 64.1 Å². The van der Waals surface area contributed by atoms with E-state index in [1.165, 1.54) is 18.4 Å². The molecular weight excluding hydrogens is 524 g/mol. The van der Waals surface area contributed by atoms with Crippen molar-refractivity contribution < 1.29 is 19.1 Å². The molecule has 1 amide bonds. The Balaban J connectivity index is 1.56. The van der Waals surface area contributed by atoms with Crippen LogP contribution in [-0.2, 0) is 19.7 Å². The minimum Gasteiger partial charge on any atom is -0.472 e. The lowest BCUT2D eigenvalue weighted by Crippen LogP contribution is -2.50. The number of nitrogens with one attached hydrogen (secondary N) is 1. The van der Waals surface area contributed by atoms with Gasteiger partial charge in [0.25, 0.3) is 0 Å². The Morgan fingerprint density at radius 1 is 1.27 bits per heavy atom. The minimum absolute atomic E-state index is 0.0589. The Morgan fingerprint density at radius 2 is 2.05 bits per heavy atom. The second-order valence-electron chi connectivity index (χ2n) is 11.1. The molecule has 0 bridgehead atoms. The molecular formula is C31H38N4O4S. The summed E-state index contributed by atoms with van der Waals surface area (Å²) >= 11 is 1.47. The Bertz CT molecular complexity index is 1400. The summed E-state index contributed by atoms with van der Waals surface area (Å²) in [5.74, 6) is -0.264. The molecule has 1 fully saturated rings. The molecule has 212 valence electrons. The Labute approximate surface area is 240 Å². The number of likely N-dealkylation sites (tertiary alicyclic amines) is 1. The van der Waals surface area contributed by atoms with Gasteiger partial charge >= 0.3 is 5.97 Å². The molecule has 3 heterocycles. The lowest BCUT2D eigenvalue weighted by molar-refractivity contribution is -0.151. The summed E-state index contributed by atoms with van der Waals surface area (Å²) in [4.78, 5) is 37.6. The molecule has 1 saturated heterocycles. The zero-order valence-electron chi connectivity index (χ0n) is 23.8. The van der Waals surface area contributed by atoms with E-state index in [9.17, 15) is 9.59 Å². The molecule has 1 aromatic carbocycles. The van der Waals surface area contributed by atoms with Crippen LogP contribution in [0.3, 0.4) is 0 Å². The Morgan fingerprint density at radius 3 is 2.73 bits per heavy atom. The number of hydrogen-bond acceptors (Lipinski definition) is 8. The van der Waals surface area contributed by atoms with Gasteiger partial charge in [-0.3, -0.25) is 4.79 Å². The third kappa shape index (κ3) is 6.20. The first-order chi connectivity index (χ1) is 19.1. The number of amides is 1. The number of anilines is 1. The van der Waals surface area contributed by atoms with Crippen molar-refractivity contribution in [3.63, 3.8) is 0 Å². The van der Waals surface area contributed by atoms with Crippen LogP contribution in [0.2, 0.25) is 0 Å². The monoisotopic (exact) mass is 562 g/mol. The van der Waals surface area contributed by atoms with E-state index in [1.54, 1.807) is 17.2 Å². The summed E-state index contributed by atoms with van der Waals surface area (Å²) in [6, 6.07) is 6.51. The maximum Gasteiger partial charge on any atom is 0.328 e. The minimum atomic E-state index is -0.761. The van der Waals surface area contributed by atoms with Gasteiger partial charge in [0.15, 0.2) is 5.13 Å². The number of methoxy groups -OCH3 is 1. The number of fused-ring (bicyclic) bond motifs is 1. The summed E-state index contributed by atoms with van der Waals surface area (Å²) in [5, 5.41) is 7.85. The molecule has 0 saturated carbocycles. The molecule has 0 aliphatic carbocycles. The second kappa shape index (κ2) is 12.2. The van der Waals surface area contributed by atoms with Gasteiger partial charge in [-0.2, -0.15) is 0 Å². The highest BCUT2D eigenvalue weighted by molar-refractivity contribution is 7.13. The number of aromatic nitrogens is 2. The third-order valence-electron chi connectivity index (χ3n) is 7.35. The molecule has 9 heteroatoms. The summed E-state index contributed by atoms with van der Waals surface area (Å²) in [6.07, 6.45) is 6.01. The lowest BCUT2D eigenvalue weighted by Gasteiger charge is -2.29. The van der Waals surface area contributed by atoms with Gasteiger partial charge < -0.3 is 19.7 Å². The van der Waals surface area contributed by atoms with E-state index < -0.39 is 24.2 Å². The van der Waals surface area contributed by atoms with Crippen LogP contribution in [0.4, 0.5) is 5.13 Å². The molecule has 0 unspecified atom stereocenters. The van der Waals surface area contributed by atoms with Crippen molar-refractivity contribution in [2.24, 2.45) is 5.92 Å². The Hall–Kier alpha value is -3.72. The topological polar surface area (TPSA) is 93.7 Å². The van der Waals surface area contributed by atoms with E-state index in [1.807, 2.05) is 49.6 Å². The highest BCUT2D eigenvalue weighted by atomic mass is 32.1. The van der Waals surface area contributed by atoms with Gasteiger partial charge in [-0.15, -0.1) is 17.9 Å². The number of carbonyl (C=O) groups is 2. The van der Waals surface area contributed by atoms with Crippen molar-refractivity contribution in [3.05, 3.63) is 66.3 Å². The van der Waals surface area contributed by atoms with Gasteiger partial charge in [0, 0.05) is 28.8 Å². The zero-order valence-corrected chi connectivity index (χ0v) is 24.7. The summed E-state index contributed by atoms with van der Waals surface area (Å²) < 4.78 is 11.4. The van der Waals surface area contributed by atoms with Crippen LogP contribution in [-0.4, -0.2) is 58.6 Å². The lowest BCUT2D eigenvalue weighted by atomic mass is 9.86. The normalized spacial score (nSPS) is 18.0. The van der Waals surface area contributed by atoms with E-state index in [2.05, 4.69) is 37.3 Å². The quantitative estimate of drug-likeness (QED) is 0.232. The average molecular weight is 563 g/mol. The Kier molecular flexibility index (Phi) is 8.93. The fourth-order valence-corrected chi connectivity index (χ4v) is 5.91. The van der Waals surface area contributed by atoms with Gasteiger partial charge in [0.05, 0.1) is 19.3 Å². The molecule has 1 aliphatic heterocycles. The van der Waals surface area contributed by atoms with E-state index in [4.69, 9.17) is 14.5 Å². The summed E-state index contributed by atoms with van der Waals surface area (Å²) in [6.45, 7) is 16.1. The largest absolute Gasteiger partial charge is 0.472 e. The standard InChI is InChI=1S/C31H38N4O4S/c1-8-13-31(5,6)25-18-40-30(33-25)34-26(19(3)4)28(36)35-17-22(16-24(35)29(37)38-7)39-27-23-15-20(9-2)10-11-21(23)12-14-32-27/h8-12,14-15,18-19,22,24,26H,1-2,13,16-17H2,3-7H3,(H,33,34)/t22-,24+,26+/m1/s1. The molecule has 2 aromatic heterocycles. The molecule has 8 nitrogen and oxygen atoms in total. The van der Waals surface area contributed by atoms with Gasteiger partial charge in [0.2, 0.25) is 11.8 Å². The fraction of sp³-hybridized carbons (Fsp3) is 0.419. The highest BCUT2D eigenvalue weighted by Gasteiger charge is 2.44. The summed E-state index contributed by atoms with van der Waals surface area (Å²) in [5.41, 5.74) is 1.73. The van der Waals surface area contributed by atoms with Gasteiger partial charge in [0.1, 0.15) is 18.2 Å². The maximum atomic E-state index is 14.0. The number of thiazole rings is 1. The molecule has 3 atom stereocenters. The first-order valence-electron chi connectivity index (χ1n) is 13.5. The number of allylic oxidation sites excluding steroid dienone is 1. The van der Waals surface area contributed by atoms with Gasteiger partial charge in [-0.1, -0.05) is 58.6 Å². The number of esters is 1.